The second-order valence-electron chi connectivity index (χ2n) is 9.74. The molecule has 0 spiro atoms. The normalized spacial score (nSPS) is 17.0. The number of halogens is 6. The maximum atomic E-state index is 13.6. The number of benzene rings is 2. The second kappa shape index (κ2) is 10.8. The van der Waals surface area contributed by atoms with Crippen molar-refractivity contribution in [1.29, 1.82) is 0 Å². The molecule has 15 heteroatoms. The van der Waals surface area contributed by atoms with Crippen molar-refractivity contribution in [2.45, 2.75) is 62.6 Å². The van der Waals surface area contributed by atoms with Gasteiger partial charge in [-0.15, -0.1) is 0 Å². The van der Waals surface area contributed by atoms with Crippen molar-refractivity contribution in [1.82, 2.24) is 0 Å². The van der Waals surface area contributed by atoms with Crippen LogP contribution in [0.15, 0.2) is 47.4 Å². The molecular weight excluding hydrogens is 572 g/mol. The molecular formula is C25H25F6NO7S. The molecule has 40 heavy (non-hydrogen) atoms. The van der Waals surface area contributed by atoms with Gasteiger partial charge in [-0.3, -0.25) is 13.9 Å². The monoisotopic (exact) mass is 597 g/mol. The molecule has 1 aliphatic heterocycles. The zero-order valence-corrected chi connectivity index (χ0v) is 22.2. The number of carboxylic acids is 1. The highest BCUT2D eigenvalue weighted by Crippen LogP contribution is 2.40. The Hall–Kier alpha value is -3.49. The van der Waals surface area contributed by atoms with Gasteiger partial charge >= 0.3 is 24.3 Å². The van der Waals surface area contributed by atoms with Crippen molar-refractivity contribution in [2.24, 2.45) is 5.92 Å². The summed E-state index contributed by atoms with van der Waals surface area (Å²) in [4.78, 5) is 22.9. The van der Waals surface area contributed by atoms with Crippen LogP contribution in [-0.2, 0) is 36.9 Å². The van der Waals surface area contributed by atoms with Crippen molar-refractivity contribution in [2.75, 3.05) is 10.8 Å². The number of aliphatic carboxylic acids is 1. The molecule has 2 aromatic carbocycles. The number of esters is 1. The number of rotatable bonds is 8. The van der Waals surface area contributed by atoms with Crippen LogP contribution in [-0.4, -0.2) is 49.9 Å². The maximum Gasteiger partial charge on any atom is 0.427 e. The van der Waals surface area contributed by atoms with Gasteiger partial charge in [0.25, 0.3) is 10.0 Å². The van der Waals surface area contributed by atoms with E-state index in [4.69, 9.17) is 4.74 Å². The third-order valence-corrected chi connectivity index (χ3v) is 7.92. The van der Waals surface area contributed by atoms with Crippen molar-refractivity contribution in [3.8, 4) is 5.75 Å². The Bertz CT molecular complexity index is 1390. The molecule has 0 saturated heterocycles. The molecule has 8 nitrogen and oxygen atoms in total. The van der Waals surface area contributed by atoms with Gasteiger partial charge in [0, 0.05) is 0 Å². The number of alkyl halides is 6. The fourth-order valence-corrected chi connectivity index (χ4v) is 5.36. The SMILES string of the molecule is C[C@@H](C[C@H]1CN(S(=O)(=O)c2cccc(C(F)(F)F)c2)c2cc(CC(=O)OC(C)(C)C(F)(F)F)ccc2O1)C(=O)O. The number of nitrogens with zero attached hydrogens (tertiary/aromatic N) is 1. The van der Waals surface area contributed by atoms with E-state index in [1.807, 2.05) is 0 Å². The fourth-order valence-electron chi connectivity index (χ4n) is 3.82. The number of carboxylic acid groups (broad SMARTS) is 1. The van der Waals surface area contributed by atoms with E-state index in [2.05, 4.69) is 4.74 Å². The van der Waals surface area contributed by atoms with E-state index in [9.17, 15) is 49.5 Å². The summed E-state index contributed by atoms with van der Waals surface area (Å²) in [6.07, 6.45) is -11.5. The number of sulfonamides is 1. The van der Waals surface area contributed by atoms with Crippen LogP contribution in [0.25, 0.3) is 0 Å². The van der Waals surface area contributed by atoms with Crippen LogP contribution in [0.1, 0.15) is 38.3 Å². The first-order chi connectivity index (χ1) is 18.2. The number of anilines is 1. The molecule has 2 atom stereocenters. The molecule has 0 radical (unpaired) electrons. The summed E-state index contributed by atoms with van der Waals surface area (Å²) in [5.74, 6) is -3.50. The molecule has 0 aromatic heterocycles. The summed E-state index contributed by atoms with van der Waals surface area (Å²) >= 11 is 0. The molecule has 0 unspecified atom stereocenters. The quantitative estimate of drug-likeness (QED) is 0.329. The maximum absolute atomic E-state index is 13.6. The molecule has 1 aliphatic rings. The lowest BCUT2D eigenvalue weighted by Gasteiger charge is -2.36. The Labute approximate surface area is 225 Å². The van der Waals surface area contributed by atoms with Crippen LogP contribution in [0.3, 0.4) is 0 Å². The molecule has 0 fully saturated rings. The number of carbonyl (C=O) groups is 2. The van der Waals surface area contributed by atoms with E-state index in [0.29, 0.717) is 26.0 Å². The highest BCUT2D eigenvalue weighted by atomic mass is 32.2. The minimum atomic E-state index is -4.86. The third-order valence-electron chi connectivity index (χ3n) is 6.14. The summed E-state index contributed by atoms with van der Waals surface area (Å²) < 4.78 is 117. The van der Waals surface area contributed by atoms with Crippen molar-refractivity contribution in [3.05, 3.63) is 53.6 Å². The summed E-state index contributed by atoms with van der Waals surface area (Å²) in [6, 6.07) is 6.65. The summed E-state index contributed by atoms with van der Waals surface area (Å²) in [5.41, 5.74) is -4.18. The van der Waals surface area contributed by atoms with Gasteiger partial charge in [0.1, 0.15) is 11.9 Å². The summed E-state index contributed by atoms with van der Waals surface area (Å²) in [5, 5.41) is 9.26. The standard InChI is InChI=1S/C25H25F6NO7S/c1-14(22(34)35)9-17-13-32(40(36,37)18-6-4-5-16(12-18)24(26,27)28)19-10-15(7-8-20(19)38-17)11-21(33)39-23(2,3)25(29,30)31/h4-8,10,12,14,17H,9,11,13H2,1-3H3,(H,34,35)/t14-,17-/m0/s1. The molecule has 3 rings (SSSR count). The molecule has 2 aromatic rings. The largest absolute Gasteiger partial charge is 0.486 e. The zero-order valence-electron chi connectivity index (χ0n) is 21.3. The van der Waals surface area contributed by atoms with Crippen LogP contribution in [0.4, 0.5) is 32.0 Å². The van der Waals surface area contributed by atoms with Crippen LogP contribution < -0.4 is 9.04 Å². The first-order valence-corrected chi connectivity index (χ1v) is 13.2. The third kappa shape index (κ3) is 6.80. The zero-order chi connectivity index (χ0) is 30.3. The molecule has 1 N–H and O–H groups in total. The molecule has 0 aliphatic carbocycles. The minimum absolute atomic E-state index is 0.0342. The Kier molecular flexibility index (Phi) is 8.40. The van der Waals surface area contributed by atoms with Crippen molar-refractivity contribution in [3.63, 3.8) is 0 Å². The average molecular weight is 598 g/mol. The lowest BCUT2D eigenvalue weighted by atomic mass is 10.0. The Morgan fingerprint density at radius 2 is 1.75 bits per heavy atom. The predicted octanol–water partition coefficient (Wildman–Crippen LogP) is 5.20. The van der Waals surface area contributed by atoms with Gasteiger partial charge in [-0.1, -0.05) is 19.1 Å². The van der Waals surface area contributed by atoms with Gasteiger partial charge in [0.2, 0.25) is 5.60 Å². The fraction of sp³-hybridized carbons (Fsp3) is 0.440. The highest BCUT2D eigenvalue weighted by molar-refractivity contribution is 7.92. The van der Waals surface area contributed by atoms with Gasteiger partial charge in [0.15, 0.2) is 0 Å². The average Bonchev–Trinajstić information content (AvgIpc) is 2.82. The van der Waals surface area contributed by atoms with Gasteiger partial charge in [-0.05, 0) is 56.2 Å². The lowest BCUT2D eigenvalue weighted by Crippen LogP contribution is -2.44. The van der Waals surface area contributed by atoms with Crippen LogP contribution in [0.2, 0.25) is 0 Å². The van der Waals surface area contributed by atoms with E-state index >= 15 is 0 Å². The van der Waals surface area contributed by atoms with E-state index in [1.54, 1.807) is 0 Å². The first-order valence-electron chi connectivity index (χ1n) is 11.7. The molecule has 220 valence electrons. The van der Waals surface area contributed by atoms with Crippen molar-refractivity contribution < 1.29 is 58.9 Å². The van der Waals surface area contributed by atoms with E-state index in [0.717, 1.165) is 22.5 Å². The predicted molar refractivity (Wildman–Crippen MR) is 128 cm³/mol. The topological polar surface area (TPSA) is 110 Å². The number of hydrogen-bond acceptors (Lipinski definition) is 6. The first kappa shape index (κ1) is 31.0. The van der Waals surface area contributed by atoms with Crippen molar-refractivity contribution >= 4 is 27.6 Å². The molecule has 0 saturated carbocycles. The number of fused-ring (bicyclic) bond motifs is 1. The number of hydrogen-bond donors (Lipinski definition) is 1. The van der Waals surface area contributed by atoms with E-state index < -0.39 is 75.4 Å². The minimum Gasteiger partial charge on any atom is -0.486 e. The van der Waals surface area contributed by atoms with Gasteiger partial charge in [-0.2, -0.15) is 26.3 Å². The van der Waals surface area contributed by atoms with Crippen LogP contribution in [0.5, 0.6) is 5.75 Å². The lowest BCUT2D eigenvalue weighted by molar-refractivity contribution is -0.257. The smallest absolute Gasteiger partial charge is 0.427 e. The Morgan fingerprint density at radius 3 is 2.33 bits per heavy atom. The highest BCUT2D eigenvalue weighted by Gasteiger charge is 2.50. The van der Waals surface area contributed by atoms with Gasteiger partial charge in [-0.25, -0.2) is 8.42 Å². The van der Waals surface area contributed by atoms with E-state index in [-0.39, 0.29) is 23.4 Å². The van der Waals surface area contributed by atoms with Crippen LogP contribution >= 0.6 is 0 Å². The second-order valence-corrected chi connectivity index (χ2v) is 11.6. The Balaban J connectivity index is 2.02. The number of ether oxygens (including phenoxy) is 2. The Morgan fingerprint density at radius 1 is 1.10 bits per heavy atom. The molecule has 1 heterocycles. The van der Waals surface area contributed by atoms with Crippen LogP contribution in [0, 0.1) is 5.92 Å². The van der Waals surface area contributed by atoms with E-state index in [1.165, 1.54) is 19.1 Å². The molecule has 0 amide bonds. The van der Waals surface area contributed by atoms with Gasteiger partial charge in [0.05, 0.1) is 35.0 Å². The summed E-state index contributed by atoms with van der Waals surface area (Å²) in [7, 11) is -4.70. The van der Waals surface area contributed by atoms with Gasteiger partial charge < -0.3 is 14.6 Å². The molecule has 0 bridgehead atoms. The summed E-state index contributed by atoms with van der Waals surface area (Å²) in [6.45, 7) is 2.20. The number of carbonyl (C=O) groups excluding carboxylic acids is 1.